The summed E-state index contributed by atoms with van der Waals surface area (Å²) in [5, 5.41) is 1.98. The van der Waals surface area contributed by atoms with Crippen molar-refractivity contribution in [1.82, 2.24) is 0 Å². The number of ether oxygens (including phenoxy) is 1. The van der Waals surface area contributed by atoms with Gasteiger partial charge in [-0.05, 0) is 36.4 Å². The number of anilines is 1. The molecule has 0 bridgehead atoms. The van der Waals surface area contributed by atoms with Gasteiger partial charge < -0.3 is 10.1 Å². The minimum absolute atomic E-state index is 0.00510. The molecule has 0 heterocycles. The maximum absolute atomic E-state index is 13.4. The van der Waals surface area contributed by atoms with Gasteiger partial charge in [-0.2, -0.15) is 0 Å². The lowest BCUT2D eigenvalue weighted by Gasteiger charge is -2.08. The third kappa shape index (κ3) is 5.76. The molecule has 138 valence electrons. The summed E-state index contributed by atoms with van der Waals surface area (Å²) in [6, 6.07) is 7.23. The van der Waals surface area contributed by atoms with Crippen LogP contribution in [0.2, 0.25) is 0 Å². The summed E-state index contributed by atoms with van der Waals surface area (Å²) >= 11 is 1.30. The number of halogens is 4. The molecule has 0 unspecified atom stereocenters. The molecule has 0 aliphatic carbocycles. The summed E-state index contributed by atoms with van der Waals surface area (Å²) in [7, 11) is 0. The highest BCUT2D eigenvalue weighted by atomic mass is 32.2. The van der Waals surface area contributed by atoms with Gasteiger partial charge in [-0.25, -0.2) is 17.6 Å². The Bertz CT molecular complexity index is 799. The Morgan fingerprint density at radius 2 is 1.65 bits per heavy atom. The molecule has 0 saturated heterocycles. The molecule has 26 heavy (non-hydrogen) atoms. The highest BCUT2D eigenvalue weighted by molar-refractivity contribution is 7.99. The fourth-order valence-electron chi connectivity index (χ4n) is 1.81. The maximum Gasteiger partial charge on any atom is 0.307 e. The second-order valence-electron chi connectivity index (χ2n) is 4.98. The summed E-state index contributed by atoms with van der Waals surface area (Å²) in [6.45, 7) is -0.696. The van der Waals surface area contributed by atoms with Crippen LogP contribution in [0, 0.1) is 23.3 Å². The Morgan fingerprint density at radius 1 is 0.962 bits per heavy atom. The summed E-state index contributed by atoms with van der Waals surface area (Å²) < 4.78 is 56.7. The van der Waals surface area contributed by atoms with Gasteiger partial charge in [0, 0.05) is 10.6 Å². The molecule has 0 radical (unpaired) electrons. The van der Waals surface area contributed by atoms with Gasteiger partial charge >= 0.3 is 5.97 Å². The standard InChI is InChI=1S/C17H13F4NO3S/c18-10-1-3-11(4-2-10)26-8-7-15(24)25-9-14(23)22-13-6-5-12(19)16(20)17(13)21/h1-6H,7-9H2,(H,22,23). The molecule has 0 fully saturated rings. The number of rotatable bonds is 7. The van der Waals surface area contributed by atoms with Crippen LogP contribution in [0.15, 0.2) is 41.3 Å². The zero-order chi connectivity index (χ0) is 19.1. The largest absolute Gasteiger partial charge is 0.456 e. The number of esters is 1. The van der Waals surface area contributed by atoms with Crippen molar-refractivity contribution in [3.05, 3.63) is 59.7 Å². The van der Waals surface area contributed by atoms with Crippen molar-refractivity contribution in [2.24, 2.45) is 0 Å². The molecule has 0 spiro atoms. The van der Waals surface area contributed by atoms with E-state index in [0.717, 1.165) is 11.0 Å². The monoisotopic (exact) mass is 387 g/mol. The average molecular weight is 387 g/mol. The van der Waals surface area contributed by atoms with Crippen molar-refractivity contribution < 1.29 is 31.9 Å². The Hall–Kier alpha value is -2.55. The lowest BCUT2D eigenvalue weighted by atomic mass is 10.3. The van der Waals surface area contributed by atoms with Crippen LogP contribution >= 0.6 is 11.8 Å². The first-order valence-electron chi connectivity index (χ1n) is 7.34. The molecule has 2 rings (SSSR count). The molecule has 4 nitrogen and oxygen atoms in total. The number of carbonyl (C=O) groups excluding carboxylic acids is 2. The van der Waals surface area contributed by atoms with E-state index in [4.69, 9.17) is 4.74 Å². The van der Waals surface area contributed by atoms with Crippen molar-refractivity contribution >= 4 is 29.3 Å². The van der Waals surface area contributed by atoms with Crippen molar-refractivity contribution in [2.45, 2.75) is 11.3 Å². The van der Waals surface area contributed by atoms with Crippen LogP contribution in [0.3, 0.4) is 0 Å². The van der Waals surface area contributed by atoms with Gasteiger partial charge in [-0.15, -0.1) is 11.8 Å². The van der Waals surface area contributed by atoms with E-state index in [0.29, 0.717) is 11.8 Å². The summed E-state index contributed by atoms with van der Waals surface area (Å²) in [5.41, 5.74) is -0.559. The minimum atomic E-state index is -1.71. The molecule has 2 aromatic carbocycles. The molecule has 1 N–H and O–H groups in total. The van der Waals surface area contributed by atoms with Crippen molar-refractivity contribution in [2.75, 3.05) is 17.7 Å². The Labute approximate surface area is 150 Å². The molecule has 1 amide bonds. The second-order valence-corrected chi connectivity index (χ2v) is 6.15. The van der Waals surface area contributed by atoms with E-state index in [1.807, 2.05) is 5.32 Å². The summed E-state index contributed by atoms with van der Waals surface area (Å²) in [5.74, 6) is -6.21. The molecule has 0 atom stereocenters. The minimum Gasteiger partial charge on any atom is -0.456 e. The highest BCUT2D eigenvalue weighted by Crippen LogP contribution is 2.20. The molecular weight excluding hydrogens is 374 g/mol. The van der Waals surface area contributed by atoms with Crippen LogP contribution in [-0.4, -0.2) is 24.2 Å². The number of amides is 1. The van der Waals surface area contributed by atoms with Gasteiger partial charge in [0.15, 0.2) is 24.1 Å². The van der Waals surface area contributed by atoms with Crippen molar-refractivity contribution in [3.8, 4) is 0 Å². The predicted octanol–water partition coefficient (Wildman–Crippen LogP) is 3.91. The smallest absolute Gasteiger partial charge is 0.307 e. The van der Waals surface area contributed by atoms with Gasteiger partial charge in [0.2, 0.25) is 0 Å². The van der Waals surface area contributed by atoms with Crippen LogP contribution < -0.4 is 5.32 Å². The van der Waals surface area contributed by atoms with Gasteiger partial charge in [0.25, 0.3) is 5.91 Å². The molecule has 0 aliphatic rings. The molecule has 2 aromatic rings. The lowest BCUT2D eigenvalue weighted by Crippen LogP contribution is -2.22. The molecule has 0 aliphatic heterocycles. The lowest BCUT2D eigenvalue weighted by molar-refractivity contribution is -0.146. The third-order valence-corrected chi connectivity index (χ3v) is 4.08. The van der Waals surface area contributed by atoms with E-state index in [1.54, 1.807) is 12.1 Å². The van der Waals surface area contributed by atoms with E-state index < -0.39 is 41.6 Å². The first kappa shape index (κ1) is 19.8. The van der Waals surface area contributed by atoms with E-state index >= 15 is 0 Å². The van der Waals surface area contributed by atoms with Gasteiger partial charge in [-0.3, -0.25) is 9.59 Å². The number of nitrogens with one attached hydrogen (secondary N) is 1. The number of carbonyl (C=O) groups is 2. The number of hydrogen-bond acceptors (Lipinski definition) is 4. The zero-order valence-electron chi connectivity index (χ0n) is 13.2. The maximum atomic E-state index is 13.4. The second kappa shape index (κ2) is 9.23. The first-order valence-corrected chi connectivity index (χ1v) is 8.32. The van der Waals surface area contributed by atoms with Gasteiger partial charge in [0.1, 0.15) is 5.82 Å². The Balaban J connectivity index is 1.72. The molecular formula is C17H13F4NO3S. The van der Waals surface area contributed by atoms with Crippen molar-refractivity contribution in [3.63, 3.8) is 0 Å². The van der Waals surface area contributed by atoms with Crippen LogP contribution in [0.25, 0.3) is 0 Å². The Kier molecular flexibility index (Phi) is 7.02. The fraction of sp³-hybridized carbons (Fsp3) is 0.176. The highest BCUT2D eigenvalue weighted by Gasteiger charge is 2.16. The van der Waals surface area contributed by atoms with E-state index in [-0.39, 0.29) is 12.2 Å². The average Bonchev–Trinajstić information content (AvgIpc) is 2.62. The molecule has 0 aromatic heterocycles. The molecule has 0 saturated carbocycles. The number of hydrogen-bond donors (Lipinski definition) is 1. The topological polar surface area (TPSA) is 55.4 Å². The fourth-order valence-corrected chi connectivity index (χ4v) is 2.64. The predicted molar refractivity (Wildman–Crippen MR) is 87.6 cm³/mol. The SMILES string of the molecule is O=C(COC(=O)CCSc1ccc(F)cc1)Nc1ccc(F)c(F)c1F. The number of benzene rings is 2. The summed E-state index contributed by atoms with van der Waals surface area (Å²) in [4.78, 5) is 23.9. The van der Waals surface area contributed by atoms with Crippen LogP contribution in [0.4, 0.5) is 23.2 Å². The zero-order valence-corrected chi connectivity index (χ0v) is 14.0. The normalized spacial score (nSPS) is 10.5. The van der Waals surface area contributed by atoms with Gasteiger partial charge in [0.05, 0.1) is 12.1 Å². The first-order chi connectivity index (χ1) is 12.4. The number of thioether (sulfide) groups is 1. The third-order valence-electron chi connectivity index (χ3n) is 3.06. The van der Waals surface area contributed by atoms with Crippen LogP contribution in [0.1, 0.15) is 6.42 Å². The van der Waals surface area contributed by atoms with Crippen LogP contribution in [0.5, 0.6) is 0 Å². The molecule has 9 heteroatoms. The van der Waals surface area contributed by atoms with Crippen LogP contribution in [-0.2, 0) is 14.3 Å². The van der Waals surface area contributed by atoms with E-state index in [1.165, 1.54) is 23.9 Å². The van der Waals surface area contributed by atoms with E-state index in [9.17, 15) is 27.2 Å². The quantitative estimate of drug-likeness (QED) is 0.339. The van der Waals surface area contributed by atoms with Gasteiger partial charge in [-0.1, -0.05) is 0 Å². The van der Waals surface area contributed by atoms with E-state index in [2.05, 4.69) is 0 Å². The Morgan fingerprint density at radius 3 is 2.35 bits per heavy atom. The summed E-state index contributed by atoms with van der Waals surface area (Å²) in [6.07, 6.45) is -0.00510. The van der Waals surface area contributed by atoms with Crippen molar-refractivity contribution in [1.29, 1.82) is 0 Å².